The average molecular weight is 265 g/mol. The Morgan fingerprint density at radius 1 is 1.63 bits per heavy atom. The Morgan fingerprint density at radius 3 is 3.05 bits per heavy atom. The second-order valence-corrected chi connectivity index (χ2v) is 4.91. The maximum Gasteiger partial charge on any atom is 0.491 e. The predicted molar refractivity (Wildman–Crippen MR) is 70.6 cm³/mol. The summed E-state index contributed by atoms with van der Waals surface area (Å²) in [5.74, 6) is -0.471. The van der Waals surface area contributed by atoms with E-state index in [0.717, 1.165) is 6.42 Å². The molecule has 19 heavy (non-hydrogen) atoms. The molecule has 1 aromatic rings. The summed E-state index contributed by atoms with van der Waals surface area (Å²) in [6.07, 6.45) is 0.964. The largest absolute Gasteiger partial charge is 0.491 e. The van der Waals surface area contributed by atoms with E-state index in [4.69, 9.17) is 4.65 Å². The fraction of sp³-hybridized carbons (Fsp3) is 0.462. The molecule has 2 N–H and O–H groups in total. The minimum absolute atomic E-state index is 0.0388. The van der Waals surface area contributed by atoms with Gasteiger partial charge in [-0.1, -0.05) is 20.3 Å². The van der Waals surface area contributed by atoms with Gasteiger partial charge in [0, 0.05) is 17.7 Å². The van der Waals surface area contributed by atoms with E-state index in [-0.39, 0.29) is 18.1 Å². The van der Waals surface area contributed by atoms with Crippen molar-refractivity contribution in [3.8, 4) is 0 Å². The van der Waals surface area contributed by atoms with Crippen LogP contribution in [-0.4, -0.2) is 24.6 Å². The van der Waals surface area contributed by atoms with Crippen LogP contribution in [0.4, 0.5) is 4.39 Å². The van der Waals surface area contributed by atoms with Gasteiger partial charge in [0.05, 0.1) is 6.61 Å². The van der Waals surface area contributed by atoms with Gasteiger partial charge in [-0.2, -0.15) is 0 Å². The van der Waals surface area contributed by atoms with Crippen LogP contribution < -0.4 is 10.8 Å². The molecule has 0 aliphatic carbocycles. The van der Waals surface area contributed by atoms with Crippen LogP contribution in [0.1, 0.15) is 36.2 Å². The van der Waals surface area contributed by atoms with Gasteiger partial charge in [0.15, 0.2) is 0 Å². The summed E-state index contributed by atoms with van der Waals surface area (Å²) in [5, 5.41) is 12.3. The number of nitrogens with one attached hydrogen (secondary N) is 1. The Labute approximate surface area is 112 Å². The number of halogens is 1. The molecule has 0 saturated carbocycles. The van der Waals surface area contributed by atoms with Crippen molar-refractivity contribution in [1.29, 1.82) is 0 Å². The number of hydrogen-bond acceptors (Lipinski definition) is 3. The van der Waals surface area contributed by atoms with Gasteiger partial charge in [-0.25, -0.2) is 4.39 Å². The first-order valence-electron chi connectivity index (χ1n) is 6.43. The highest BCUT2D eigenvalue weighted by molar-refractivity contribution is 6.61. The molecule has 2 rings (SSSR count). The first-order chi connectivity index (χ1) is 9.02. The summed E-state index contributed by atoms with van der Waals surface area (Å²) in [5.41, 5.74) is 0.878. The highest BCUT2D eigenvalue weighted by Crippen LogP contribution is 2.16. The lowest BCUT2D eigenvalue weighted by Gasteiger charge is -2.11. The molecule has 4 nitrogen and oxygen atoms in total. The second kappa shape index (κ2) is 5.71. The Hall–Kier alpha value is -1.40. The van der Waals surface area contributed by atoms with E-state index in [9.17, 15) is 14.2 Å². The number of amides is 1. The second-order valence-electron chi connectivity index (χ2n) is 4.91. The van der Waals surface area contributed by atoms with E-state index in [0.29, 0.717) is 23.5 Å². The first kappa shape index (κ1) is 14.0. The van der Waals surface area contributed by atoms with Crippen molar-refractivity contribution in [2.75, 3.05) is 6.54 Å². The van der Waals surface area contributed by atoms with E-state index < -0.39 is 12.9 Å². The summed E-state index contributed by atoms with van der Waals surface area (Å²) in [4.78, 5) is 11.9. The zero-order chi connectivity index (χ0) is 14.0. The lowest BCUT2D eigenvalue weighted by atomic mass is 9.78. The third-order valence-electron chi connectivity index (χ3n) is 3.45. The fourth-order valence-electron chi connectivity index (χ4n) is 1.93. The molecule has 0 saturated heterocycles. The summed E-state index contributed by atoms with van der Waals surface area (Å²) in [7, 11) is -1.15. The van der Waals surface area contributed by atoms with Crippen molar-refractivity contribution in [3.63, 3.8) is 0 Å². The van der Waals surface area contributed by atoms with Crippen molar-refractivity contribution in [2.45, 2.75) is 26.9 Å². The quantitative estimate of drug-likeness (QED) is 0.792. The van der Waals surface area contributed by atoms with Crippen LogP contribution in [0.3, 0.4) is 0 Å². The van der Waals surface area contributed by atoms with Gasteiger partial charge in [0.25, 0.3) is 5.91 Å². The lowest BCUT2D eigenvalue weighted by molar-refractivity contribution is 0.0947. The molecule has 1 atom stereocenters. The van der Waals surface area contributed by atoms with E-state index >= 15 is 0 Å². The number of fused-ring (bicyclic) bond motifs is 1. The number of rotatable bonds is 4. The Balaban J connectivity index is 2.15. The smallest absolute Gasteiger partial charge is 0.423 e. The molecule has 1 amide bonds. The number of hydrogen-bond donors (Lipinski definition) is 2. The van der Waals surface area contributed by atoms with Gasteiger partial charge >= 0.3 is 7.12 Å². The third kappa shape index (κ3) is 2.96. The Bertz CT molecular complexity index is 495. The van der Waals surface area contributed by atoms with Crippen molar-refractivity contribution in [2.24, 2.45) is 5.92 Å². The number of carbonyl (C=O) groups is 1. The molecule has 0 fully saturated rings. The van der Waals surface area contributed by atoms with Gasteiger partial charge in [-0.05, 0) is 23.5 Å². The monoisotopic (exact) mass is 265 g/mol. The van der Waals surface area contributed by atoms with E-state index in [2.05, 4.69) is 5.32 Å². The van der Waals surface area contributed by atoms with Crippen LogP contribution in [-0.2, 0) is 11.3 Å². The van der Waals surface area contributed by atoms with Crippen molar-refractivity contribution < 1.29 is 18.9 Å². The van der Waals surface area contributed by atoms with Crippen LogP contribution in [0.5, 0.6) is 0 Å². The third-order valence-corrected chi connectivity index (χ3v) is 3.45. The zero-order valence-electron chi connectivity index (χ0n) is 11.1. The zero-order valence-corrected chi connectivity index (χ0v) is 11.1. The maximum absolute atomic E-state index is 13.8. The molecular weight excluding hydrogens is 248 g/mol. The molecular formula is C13H17BFNO3. The van der Waals surface area contributed by atoms with Gasteiger partial charge in [0.2, 0.25) is 0 Å². The van der Waals surface area contributed by atoms with E-state index in [1.807, 2.05) is 13.8 Å². The predicted octanol–water partition coefficient (Wildman–Crippen LogP) is 0.819. The van der Waals surface area contributed by atoms with E-state index in [1.54, 1.807) is 0 Å². The summed E-state index contributed by atoms with van der Waals surface area (Å²) >= 11 is 0. The number of carbonyl (C=O) groups excluding carboxylic acids is 1. The van der Waals surface area contributed by atoms with Gasteiger partial charge in [0.1, 0.15) is 5.82 Å². The minimum atomic E-state index is -1.15. The molecule has 1 aliphatic rings. The van der Waals surface area contributed by atoms with Crippen LogP contribution in [0.2, 0.25) is 0 Å². The normalized spacial score (nSPS) is 15.3. The highest BCUT2D eigenvalue weighted by Gasteiger charge is 2.31. The maximum atomic E-state index is 13.8. The van der Waals surface area contributed by atoms with Crippen molar-refractivity contribution in [3.05, 3.63) is 29.1 Å². The molecule has 102 valence electrons. The van der Waals surface area contributed by atoms with Crippen LogP contribution in [0.15, 0.2) is 12.1 Å². The number of benzene rings is 1. The molecule has 6 heteroatoms. The van der Waals surface area contributed by atoms with Gasteiger partial charge in [-0.15, -0.1) is 0 Å². The van der Waals surface area contributed by atoms with Gasteiger partial charge in [-0.3, -0.25) is 4.79 Å². The molecule has 1 aromatic carbocycles. The first-order valence-corrected chi connectivity index (χ1v) is 6.43. The summed E-state index contributed by atoms with van der Waals surface area (Å²) in [6.45, 7) is 4.66. The molecule has 0 aromatic heterocycles. The van der Waals surface area contributed by atoms with Crippen LogP contribution >= 0.6 is 0 Å². The fourth-order valence-corrected chi connectivity index (χ4v) is 1.93. The van der Waals surface area contributed by atoms with E-state index in [1.165, 1.54) is 12.1 Å². The summed E-state index contributed by atoms with van der Waals surface area (Å²) < 4.78 is 18.7. The highest BCUT2D eigenvalue weighted by atomic mass is 19.1. The molecule has 1 unspecified atom stereocenters. The minimum Gasteiger partial charge on any atom is -0.423 e. The van der Waals surface area contributed by atoms with Gasteiger partial charge < -0.3 is 15.0 Å². The molecule has 1 aliphatic heterocycles. The topological polar surface area (TPSA) is 58.6 Å². The summed E-state index contributed by atoms with van der Waals surface area (Å²) in [6, 6.07) is 2.67. The average Bonchev–Trinajstić information content (AvgIpc) is 2.78. The van der Waals surface area contributed by atoms with Crippen LogP contribution in [0, 0.1) is 11.7 Å². The Morgan fingerprint density at radius 2 is 2.37 bits per heavy atom. The van der Waals surface area contributed by atoms with Crippen LogP contribution in [0.25, 0.3) is 0 Å². The molecule has 1 heterocycles. The van der Waals surface area contributed by atoms with Crippen molar-refractivity contribution >= 4 is 18.5 Å². The van der Waals surface area contributed by atoms with Crippen molar-refractivity contribution in [1.82, 2.24) is 5.32 Å². The SMILES string of the molecule is CCC(C)CNC(=O)c1cc(F)c2c(c1)B(O)OC2. The molecule has 0 radical (unpaired) electrons. The molecule has 0 spiro atoms. The lowest BCUT2D eigenvalue weighted by Crippen LogP contribution is -2.32. The molecule has 0 bridgehead atoms. The standard InChI is InChI=1S/C13H17BFNO3/c1-3-8(2)6-16-13(17)9-4-11-10(12(15)5-9)7-19-14(11)18/h4-5,8,18H,3,6-7H2,1-2H3,(H,16,17). The Kier molecular flexibility index (Phi) is 4.22.